The molecule has 0 saturated carbocycles. The third-order valence-electron chi connectivity index (χ3n) is 3.28. The van der Waals surface area contributed by atoms with Crippen molar-refractivity contribution in [2.75, 3.05) is 7.11 Å². The zero-order chi connectivity index (χ0) is 16.8. The molecule has 0 bridgehead atoms. The second-order valence-corrected chi connectivity index (χ2v) is 4.85. The van der Waals surface area contributed by atoms with Crippen molar-refractivity contribution in [2.24, 2.45) is 0 Å². The third kappa shape index (κ3) is 4.35. The highest BCUT2D eigenvalue weighted by Gasteiger charge is 2.23. The van der Waals surface area contributed by atoms with Gasteiger partial charge in [0.15, 0.2) is 0 Å². The van der Waals surface area contributed by atoms with Crippen LogP contribution in [-0.4, -0.2) is 25.0 Å². The van der Waals surface area contributed by atoms with Gasteiger partial charge in [0, 0.05) is 12.0 Å². The van der Waals surface area contributed by atoms with Gasteiger partial charge in [-0.2, -0.15) is 0 Å². The van der Waals surface area contributed by atoms with E-state index >= 15 is 0 Å². The maximum atomic E-state index is 13.7. The molecule has 4 nitrogen and oxygen atoms in total. The molecule has 0 unspecified atom stereocenters. The molecule has 0 radical (unpaired) electrons. The molecule has 120 valence electrons. The van der Waals surface area contributed by atoms with Crippen molar-refractivity contribution < 1.29 is 23.1 Å². The van der Waals surface area contributed by atoms with Gasteiger partial charge in [-0.15, -0.1) is 0 Å². The lowest BCUT2D eigenvalue weighted by Crippen LogP contribution is -2.43. The Bertz CT molecular complexity index is 701. The third-order valence-corrected chi connectivity index (χ3v) is 3.28. The second kappa shape index (κ2) is 7.49. The summed E-state index contributed by atoms with van der Waals surface area (Å²) in [5.41, 5.74) is 0.469. The van der Waals surface area contributed by atoms with Gasteiger partial charge >= 0.3 is 5.97 Å². The molecule has 2 aromatic rings. The van der Waals surface area contributed by atoms with E-state index in [2.05, 4.69) is 10.1 Å². The molecular weight excluding hydrogens is 304 g/mol. The average molecular weight is 319 g/mol. The minimum absolute atomic E-state index is 0.0493. The van der Waals surface area contributed by atoms with Crippen molar-refractivity contribution in [1.82, 2.24) is 5.32 Å². The quantitative estimate of drug-likeness (QED) is 0.862. The van der Waals surface area contributed by atoms with Crippen LogP contribution in [0.1, 0.15) is 15.9 Å². The van der Waals surface area contributed by atoms with Crippen molar-refractivity contribution in [3.63, 3.8) is 0 Å². The number of halogens is 2. The number of carbonyl (C=O) groups is 2. The predicted octanol–water partition coefficient (Wildman–Crippen LogP) is 2.48. The Labute approximate surface area is 132 Å². The summed E-state index contributed by atoms with van der Waals surface area (Å²) in [7, 11) is 1.18. The molecule has 0 heterocycles. The fraction of sp³-hybridized carbons (Fsp3) is 0.176. The molecule has 1 amide bonds. The van der Waals surface area contributed by atoms with Crippen LogP contribution < -0.4 is 5.32 Å². The summed E-state index contributed by atoms with van der Waals surface area (Å²) in [6.45, 7) is 0. The van der Waals surface area contributed by atoms with Crippen molar-refractivity contribution in [2.45, 2.75) is 12.5 Å². The summed E-state index contributed by atoms with van der Waals surface area (Å²) in [6.07, 6.45) is -0.0493. The fourth-order valence-corrected chi connectivity index (χ4v) is 2.06. The summed E-state index contributed by atoms with van der Waals surface area (Å²) in [6, 6.07) is 9.77. The monoisotopic (exact) mass is 319 g/mol. The van der Waals surface area contributed by atoms with Gasteiger partial charge in [0.25, 0.3) is 5.91 Å². The largest absolute Gasteiger partial charge is 0.467 e. The van der Waals surface area contributed by atoms with E-state index in [1.807, 2.05) is 0 Å². The van der Waals surface area contributed by atoms with Crippen molar-refractivity contribution in [3.8, 4) is 0 Å². The SMILES string of the molecule is COC(=O)[C@@H](Cc1ccccc1F)NC(=O)c1ccc(F)cc1. The number of rotatable bonds is 5. The van der Waals surface area contributed by atoms with E-state index in [0.29, 0.717) is 0 Å². The molecule has 0 aromatic heterocycles. The van der Waals surface area contributed by atoms with E-state index in [0.717, 1.165) is 12.1 Å². The molecule has 2 aromatic carbocycles. The van der Waals surface area contributed by atoms with Gasteiger partial charge in [-0.3, -0.25) is 4.79 Å². The Morgan fingerprint density at radius 3 is 2.35 bits per heavy atom. The molecule has 0 aliphatic heterocycles. The summed E-state index contributed by atoms with van der Waals surface area (Å²) in [5, 5.41) is 2.48. The zero-order valence-corrected chi connectivity index (χ0v) is 12.4. The van der Waals surface area contributed by atoms with Crippen molar-refractivity contribution >= 4 is 11.9 Å². The maximum Gasteiger partial charge on any atom is 0.328 e. The standard InChI is InChI=1S/C17H15F2NO3/c1-23-17(22)15(10-12-4-2-3-5-14(12)19)20-16(21)11-6-8-13(18)9-7-11/h2-9,15H,10H2,1H3,(H,20,21)/t15-/m1/s1. The Balaban J connectivity index is 2.16. The van der Waals surface area contributed by atoms with Gasteiger partial charge in [0.1, 0.15) is 17.7 Å². The van der Waals surface area contributed by atoms with Crippen LogP contribution in [-0.2, 0) is 16.0 Å². The van der Waals surface area contributed by atoms with Crippen LogP contribution >= 0.6 is 0 Å². The first-order chi connectivity index (χ1) is 11.0. The zero-order valence-electron chi connectivity index (χ0n) is 12.4. The summed E-state index contributed by atoms with van der Waals surface area (Å²) >= 11 is 0. The smallest absolute Gasteiger partial charge is 0.328 e. The van der Waals surface area contributed by atoms with Crippen molar-refractivity contribution in [1.29, 1.82) is 0 Å². The molecule has 1 atom stereocenters. The average Bonchev–Trinajstić information content (AvgIpc) is 2.56. The number of esters is 1. The van der Waals surface area contributed by atoms with Gasteiger partial charge in [-0.05, 0) is 35.9 Å². The van der Waals surface area contributed by atoms with Gasteiger partial charge in [0.2, 0.25) is 0 Å². The fourth-order valence-electron chi connectivity index (χ4n) is 2.06. The van der Waals surface area contributed by atoms with Crippen LogP contribution in [0.3, 0.4) is 0 Å². The first-order valence-electron chi connectivity index (χ1n) is 6.89. The Hall–Kier alpha value is -2.76. The molecular formula is C17H15F2NO3. The van der Waals surface area contributed by atoms with Crippen LogP contribution in [0.25, 0.3) is 0 Å². The second-order valence-electron chi connectivity index (χ2n) is 4.85. The minimum atomic E-state index is -1.05. The Kier molecular flexibility index (Phi) is 5.41. The highest BCUT2D eigenvalue weighted by Crippen LogP contribution is 2.11. The lowest BCUT2D eigenvalue weighted by atomic mass is 10.0. The number of benzene rings is 2. The van der Waals surface area contributed by atoms with Crippen LogP contribution in [0.2, 0.25) is 0 Å². The Morgan fingerprint density at radius 2 is 1.74 bits per heavy atom. The lowest BCUT2D eigenvalue weighted by Gasteiger charge is -2.17. The molecule has 6 heteroatoms. The molecule has 0 aliphatic carbocycles. The molecule has 0 fully saturated rings. The number of carbonyl (C=O) groups excluding carboxylic acids is 2. The van der Waals surface area contributed by atoms with E-state index in [1.165, 1.54) is 37.4 Å². The van der Waals surface area contributed by atoms with Crippen molar-refractivity contribution in [3.05, 3.63) is 71.3 Å². The normalized spacial score (nSPS) is 11.6. The molecule has 23 heavy (non-hydrogen) atoms. The molecule has 0 aliphatic rings. The van der Waals surface area contributed by atoms with Gasteiger partial charge in [0.05, 0.1) is 7.11 Å². The van der Waals surface area contributed by atoms with E-state index in [1.54, 1.807) is 6.07 Å². The Morgan fingerprint density at radius 1 is 1.09 bits per heavy atom. The first kappa shape index (κ1) is 16.6. The van der Waals surface area contributed by atoms with E-state index in [-0.39, 0.29) is 17.5 Å². The van der Waals surface area contributed by atoms with Gasteiger partial charge in [-0.1, -0.05) is 18.2 Å². The van der Waals surface area contributed by atoms with E-state index in [9.17, 15) is 18.4 Å². The number of nitrogens with one attached hydrogen (secondary N) is 1. The van der Waals surface area contributed by atoms with Gasteiger partial charge < -0.3 is 10.1 Å². The topological polar surface area (TPSA) is 55.4 Å². The van der Waals surface area contributed by atoms with Gasteiger partial charge in [-0.25, -0.2) is 13.6 Å². The minimum Gasteiger partial charge on any atom is -0.467 e. The van der Waals surface area contributed by atoms with Crippen LogP contribution in [0.5, 0.6) is 0 Å². The molecule has 0 saturated heterocycles. The van der Waals surface area contributed by atoms with E-state index in [4.69, 9.17) is 0 Å². The highest BCUT2D eigenvalue weighted by molar-refractivity contribution is 5.96. The van der Waals surface area contributed by atoms with Crippen LogP contribution in [0, 0.1) is 11.6 Å². The van der Waals surface area contributed by atoms with E-state index < -0.39 is 29.6 Å². The highest BCUT2D eigenvalue weighted by atomic mass is 19.1. The summed E-state index contributed by atoms with van der Waals surface area (Å²) in [5.74, 6) is -2.21. The summed E-state index contributed by atoms with van der Waals surface area (Å²) in [4.78, 5) is 24.0. The van der Waals surface area contributed by atoms with Crippen LogP contribution in [0.15, 0.2) is 48.5 Å². The first-order valence-corrected chi connectivity index (χ1v) is 6.89. The molecule has 2 rings (SSSR count). The van der Waals surface area contributed by atoms with Crippen LogP contribution in [0.4, 0.5) is 8.78 Å². The summed E-state index contributed by atoms with van der Waals surface area (Å²) < 4.78 is 31.2. The molecule has 0 spiro atoms. The number of methoxy groups -OCH3 is 1. The number of hydrogen-bond acceptors (Lipinski definition) is 3. The lowest BCUT2D eigenvalue weighted by molar-refractivity contribution is -0.142. The number of hydrogen-bond donors (Lipinski definition) is 1. The number of amides is 1. The number of ether oxygens (including phenoxy) is 1. The maximum absolute atomic E-state index is 13.7. The predicted molar refractivity (Wildman–Crippen MR) is 79.8 cm³/mol. The molecule has 1 N–H and O–H groups in total.